The standard InChI is InChI=1S/C15H32N4OS.HI/c1-4-16-15(17-7-12-21-3)18-13-14-5-8-19(9-6-14)10-11-20-2;/h14H,4-13H2,1-3H3,(H2,16,17,18);1H. The maximum atomic E-state index is 5.14. The summed E-state index contributed by atoms with van der Waals surface area (Å²) in [5.74, 6) is 2.80. The van der Waals surface area contributed by atoms with E-state index in [9.17, 15) is 0 Å². The second-order valence-electron chi connectivity index (χ2n) is 5.42. The van der Waals surface area contributed by atoms with Crippen LogP contribution in [0.15, 0.2) is 4.99 Å². The highest BCUT2D eigenvalue weighted by Gasteiger charge is 2.18. The van der Waals surface area contributed by atoms with Crippen LogP contribution in [0.1, 0.15) is 19.8 Å². The molecule has 1 aliphatic rings. The molecule has 0 saturated carbocycles. The van der Waals surface area contributed by atoms with Crippen molar-refractivity contribution in [2.75, 3.05) is 65.0 Å². The number of hydrogen-bond donors (Lipinski definition) is 2. The molecule has 2 N–H and O–H groups in total. The highest BCUT2D eigenvalue weighted by atomic mass is 127. The van der Waals surface area contributed by atoms with Gasteiger partial charge < -0.3 is 20.3 Å². The first-order valence-electron chi connectivity index (χ1n) is 8.02. The van der Waals surface area contributed by atoms with Gasteiger partial charge in [-0.05, 0) is 45.0 Å². The Labute approximate surface area is 157 Å². The normalized spacial score (nSPS) is 17.1. The Morgan fingerprint density at radius 3 is 2.64 bits per heavy atom. The molecular formula is C15H33IN4OS. The van der Waals surface area contributed by atoms with Crippen LogP contribution >= 0.6 is 35.7 Å². The lowest BCUT2D eigenvalue weighted by molar-refractivity contribution is 0.121. The quantitative estimate of drug-likeness (QED) is 0.246. The van der Waals surface area contributed by atoms with Crippen LogP contribution in [0.25, 0.3) is 0 Å². The molecule has 7 heteroatoms. The molecule has 0 radical (unpaired) electrons. The number of thioether (sulfide) groups is 1. The molecule has 1 saturated heterocycles. The van der Waals surface area contributed by atoms with Crippen LogP contribution in [0.4, 0.5) is 0 Å². The zero-order valence-corrected chi connectivity index (χ0v) is 17.4. The van der Waals surface area contributed by atoms with Crippen LogP contribution in [0.5, 0.6) is 0 Å². The van der Waals surface area contributed by atoms with Gasteiger partial charge in [-0.15, -0.1) is 24.0 Å². The predicted molar refractivity (Wildman–Crippen MR) is 109 cm³/mol. The molecule has 0 bridgehead atoms. The first-order chi connectivity index (χ1) is 10.3. The Morgan fingerprint density at radius 2 is 2.05 bits per heavy atom. The number of ether oxygens (including phenoxy) is 1. The molecule has 22 heavy (non-hydrogen) atoms. The summed E-state index contributed by atoms with van der Waals surface area (Å²) in [5, 5.41) is 6.71. The second kappa shape index (κ2) is 14.8. The monoisotopic (exact) mass is 444 g/mol. The molecule has 1 heterocycles. The zero-order chi connectivity index (χ0) is 15.3. The van der Waals surface area contributed by atoms with E-state index in [0.29, 0.717) is 0 Å². The van der Waals surface area contributed by atoms with Crippen molar-refractivity contribution in [2.24, 2.45) is 10.9 Å². The number of piperidine rings is 1. The van der Waals surface area contributed by atoms with Crippen molar-refractivity contribution < 1.29 is 4.74 Å². The largest absolute Gasteiger partial charge is 0.383 e. The van der Waals surface area contributed by atoms with Crippen molar-refractivity contribution in [3.63, 3.8) is 0 Å². The Kier molecular flexibility index (Phi) is 15.0. The fourth-order valence-corrected chi connectivity index (χ4v) is 2.75. The van der Waals surface area contributed by atoms with Gasteiger partial charge in [-0.1, -0.05) is 0 Å². The van der Waals surface area contributed by atoms with Gasteiger partial charge in [-0.3, -0.25) is 4.99 Å². The number of halogens is 1. The third kappa shape index (κ3) is 10.1. The van der Waals surface area contributed by atoms with E-state index in [-0.39, 0.29) is 24.0 Å². The molecule has 0 amide bonds. The number of nitrogens with zero attached hydrogens (tertiary/aromatic N) is 2. The lowest BCUT2D eigenvalue weighted by Gasteiger charge is -2.31. The van der Waals surface area contributed by atoms with E-state index in [1.807, 2.05) is 11.8 Å². The molecule has 1 fully saturated rings. The third-order valence-corrected chi connectivity index (χ3v) is 4.38. The van der Waals surface area contributed by atoms with Gasteiger partial charge >= 0.3 is 0 Å². The number of likely N-dealkylation sites (tertiary alicyclic amines) is 1. The molecule has 132 valence electrons. The molecule has 0 aliphatic carbocycles. The topological polar surface area (TPSA) is 48.9 Å². The van der Waals surface area contributed by atoms with Crippen LogP contribution in [-0.4, -0.2) is 75.9 Å². The van der Waals surface area contributed by atoms with E-state index < -0.39 is 0 Å². The summed E-state index contributed by atoms with van der Waals surface area (Å²) in [5.41, 5.74) is 0. The summed E-state index contributed by atoms with van der Waals surface area (Å²) in [6.45, 7) is 9.20. The van der Waals surface area contributed by atoms with E-state index in [4.69, 9.17) is 9.73 Å². The average Bonchev–Trinajstić information content (AvgIpc) is 2.52. The van der Waals surface area contributed by atoms with Gasteiger partial charge in [0.05, 0.1) is 6.61 Å². The molecule has 0 aromatic heterocycles. The van der Waals surface area contributed by atoms with Gasteiger partial charge in [0.25, 0.3) is 0 Å². The Balaban J connectivity index is 0.00000441. The van der Waals surface area contributed by atoms with Crippen LogP contribution in [-0.2, 0) is 4.74 Å². The number of rotatable bonds is 9. The number of guanidine groups is 1. The molecule has 0 aromatic rings. The molecule has 1 aliphatic heterocycles. The summed E-state index contributed by atoms with van der Waals surface area (Å²) < 4.78 is 5.14. The molecule has 1 rings (SSSR count). The second-order valence-corrected chi connectivity index (χ2v) is 6.40. The summed E-state index contributed by atoms with van der Waals surface area (Å²) >= 11 is 1.85. The minimum Gasteiger partial charge on any atom is -0.383 e. The highest BCUT2D eigenvalue weighted by molar-refractivity contribution is 14.0. The molecule has 5 nitrogen and oxygen atoms in total. The van der Waals surface area contributed by atoms with Gasteiger partial charge in [0.15, 0.2) is 5.96 Å². The number of aliphatic imine (C=N–C) groups is 1. The van der Waals surface area contributed by atoms with Crippen molar-refractivity contribution in [1.29, 1.82) is 0 Å². The summed E-state index contributed by atoms with van der Waals surface area (Å²) in [6.07, 6.45) is 4.62. The van der Waals surface area contributed by atoms with E-state index in [2.05, 4.69) is 28.7 Å². The molecule has 0 atom stereocenters. The Bertz CT molecular complexity index is 287. The maximum absolute atomic E-state index is 5.14. The number of methoxy groups -OCH3 is 1. The van der Waals surface area contributed by atoms with Gasteiger partial charge in [-0.2, -0.15) is 11.8 Å². The summed E-state index contributed by atoms with van der Waals surface area (Å²) in [4.78, 5) is 7.23. The smallest absolute Gasteiger partial charge is 0.191 e. The Morgan fingerprint density at radius 1 is 1.32 bits per heavy atom. The molecule has 0 aromatic carbocycles. The minimum atomic E-state index is 0. The third-order valence-electron chi connectivity index (χ3n) is 3.77. The van der Waals surface area contributed by atoms with Crippen molar-refractivity contribution in [3.05, 3.63) is 0 Å². The fraction of sp³-hybridized carbons (Fsp3) is 0.933. The van der Waals surface area contributed by atoms with Gasteiger partial charge in [-0.25, -0.2) is 0 Å². The summed E-state index contributed by atoms with van der Waals surface area (Å²) in [7, 11) is 1.77. The van der Waals surface area contributed by atoms with Crippen LogP contribution in [0, 0.1) is 5.92 Å². The molecular weight excluding hydrogens is 411 g/mol. The van der Waals surface area contributed by atoms with Crippen LogP contribution < -0.4 is 10.6 Å². The zero-order valence-electron chi connectivity index (χ0n) is 14.3. The van der Waals surface area contributed by atoms with Crippen LogP contribution in [0.2, 0.25) is 0 Å². The van der Waals surface area contributed by atoms with Crippen molar-refractivity contribution >= 4 is 41.7 Å². The number of hydrogen-bond acceptors (Lipinski definition) is 4. The SMILES string of the molecule is CCNC(=NCC1CCN(CCOC)CC1)NCCSC.I. The average molecular weight is 444 g/mol. The lowest BCUT2D eigenvalue weighted by atomic mass is 9.97. The van der Waals surface area contributed by atoms with E-state index in [1.54, 1.807) is 7.11 Å². The lowest BCUT2D eigenvalue weighted by Crippen LogP contribution is -2.40. The Hall–Kier alpha value is 0.270. The fourth-order valence-electron chi connectivity index (χ4n) is 2.45. The van der Waals surface area contributed by atoms with Crippen molar-refractivity contribution in [2.45, 2.75) is 19.8 Å². The van der Waals surface area contributed by atoms with Crippen molar-refractivity contribution in [1.82, 2.24) is 15.5 Å². The van der Waals surface area contributed by atoms with Crippen LogP contribution in [0.3, 0.4) is 0 Å². The van der Waals surface area contributed by atoms with Gasteiger partial charge in [0, 0.05) is 39.0 Å². The molecule has 0 spiro atoms. The summed E-state index contributed by atoms with van der Waals surface area (Å²) in [6, 6.07) is 0. The van der Waals surface area contributed by atoms with E-state index >= 15 is 0 Å². The highest BCUT2D eigenvalue weighted by Crippen LogP contribution is 2.17. The molecule has 0 unspecified atom stereocenters. The van der Waals surface area contributed by atoms with E-state index in [0.717, 1.165) is 50.4 Å². The van der Waals surface area contributed by atoms with Gasteiger partial charge in [0.2, 0.25) is 0 Å². The first-order valence-corrected chi connectivity index (χ1v) is 9.42. The van der Waals surface area contributed by atoms with E-state index in [1.165, 1.54) is 25.9 Å². The van der Waals surface area contributed by atoms with Crippen molar-refractivity contribution in [3.8, 4) is 0 Å². The number of nitrogens with one attached hydrogen (secondary N) is 2. The minimum absolute atomic E-state index is 0. The van der Waals surface area contributed by atoms with Gasteiger partial charge in [0.1, 0.15) is 0 Å². The predicted octanol–water partition coefficient (Wildman–Crippen LogP) is 1.88. The first kappa shape index (κ1) is 22.3. The maximum Gasteiger partial charge on any atom is 0.191 e.